The molecule has 3 aromatic rings. The largest absolute Gasteiger partial charge is 0.236 e. The van der Waals surface area contributed by atoms with Crippen molar-refractivity contribution in [3.63, 3.8) is 0 Å². The van der Waals surface area contributed by atoms with Gasteiger partial charge in [-0.1, -0.05) is 41.9 Å². The van der Waals surface area contributed by atoms with E-state index < -0.39 is 0 Å². The van der Waals surface area contributed by atoms with Crippen LogP contribution in [0.2, 0.25) is 5.02 Å². The predicted molar refractivity (Wildman–Crippen MR) is 99.7 cm³/mol. The number of aromatic nitrogens is 2. The summed E-state index contributed by atoms with van der Waals surface area (Å²) in [5, 5.41) is 0.723. The molecule has 2 aromatic carbocycles. The van der Waals surface area contributed by atoms with Crippen LogP contribution >= 0.6 is 11.6 Å². The first-order valence-electron chi connectivity index (χ1n) is 8.17. The van der Waals surface area contributed by atoms with Gasteiger partial charge in [0.2, 0.25) is 0 Å². The van der Waals surface area contributed by atoms with Crippen LogP contribution in [0.5, 0.6) is 0 Å². The summed E-state index contributed by atoms with van der Waals surface area (Å²) < 4.78 is 0. The molecule has 0 bridgehead atoms. The Bertz CT molecular complexity index is 883. The van der Waals surface area contributed by atoms with Crippen molar-refractivity contribution >= 4 is 23.3 Å². The first-order chi connectivity index (χ1) is 11.8. The number of allylic oxidation sites excluding steroid dienone is 1. The van der Waals surface area contributed by atoms with Crippen molar-refractivity contribution in [1.29, 1.82) is 0 Å². The molecule has 0 atom stereocenters. The van der Waals surface area contributed by atoms with Gasteiger partial charge in [0.05, 0.1) is 5.69 Å². The van der Waals surface area contributed by atoms with Crippen LogP contribution in [0, 0.1) is 0 Å². The molecule has 1 aromatic heterocycles. The van der Waals surface area contributed by atoms with Gasteiger partial charge in [0.25, 0.3) is 0 Å². The Kier molecular flexibility index (Phi) is 4.14. The number of benzene rings is 2. The Labute approximate surface area is 146 Å². The molecular formula is C21H17ClN2. The summed E-state index contributed by atoms with van der Waals surface area (Å²) in [4.78, 5) is 9.42. The average Bonchev–Trinajstić information content (AvgIpc) is 2.63. The summed E-state index contributed by atoms with van der Waals surface area (Å²) in [5.74, 6) is 0.756. The average molecular weight is 333 g/mol. The molecule has 0 aliphatic heterocycles. The van der Waals surface area contributed by atoms with E-state index in [2.05, 4.69) is 35.3 Å². The van der Waals surface area contributed by atoms with Crippen molar-refractivity contribution in [2.75, 3.05) is 0 Å². The van der Waals surface area contributed by atoms with Crippen LogP contribution in [0.15, 0.2) is 60.8 Å². The van der Waals surface area contributed by atoms with E-state index in [1.165, 1.54) is 16.7 Å². The Morgan fingerprint density at radius 3 is 2.50 bits per heavy atom. The molecule has 1 aliphatic carbocycles. The topological polar surface area (TPSA) is 25.8 Å². The summed E-state index contributed by atoms with van der Waals surface area (Å²) in [6.45, 7) is 0. The summed E-state index contributed by atoms with van der Waals surface area (Å²) in [7, 11) is 0. The standard InChI is InChI=1S/C21H17ClN2/c22-19-11-9-16(10-12-19)21-23-14-18-8-4-7-17(20(18)24-21)13-15-5-2-1-3-6-15/h1-3,5-6,9-14H,4,7-8H2. The highest BCUT2D eigenvalue weighted by atomic mass is 35.5. The second kappa shape index (κ2) is 6.58. The van der Waals surface area contributed by atoms with Crippen LogP contribution in [-0.2, 0) is 6.42 Å². The fourth-order valence-corrected chi connectivity index (χ4v) is 3.21. The molecule has 0 N–H and O–H groups in total. The van der Waals surface area contributed by atoms with Crippen molar-refractivity contribution in [2.24, 2.45) is 0 Å². The van der Waals surface area contributed by atoms with E-state index in [1.807, 2.05) is 36.5 Å². The van der Waals surface area contributed by atoms with E-state index in [9.17, 15) is 0 Å². The van der Waals surface area contributed by atoms with Gasteiger partial charge in [-0.15, -0.1) is 0 Å². The van der Waals surface area contributed by atoms with E-state index in [1.54, 1.807) is 0 Å². The third kappa shape index (κ3) is 3.10. The minimum absolute atomic E-state index is 0.723. The highest BCUT2D eigenvalue weighted by molar-refractivity contribution is 6.30. The highest BCUT2D eigenvalue weighted by Gasteiger charge is 2.17. The van der Waals surface area contributed by atoms with Crippen molar-refractivity contribution in [1.82, 2.24) is 9.97 Å². The highest BCUT2D eigenvalue weighted by Crippen LogP contribution is 2.32. The zero-order valence-electron chi connectivity index (χ0n) is 13.2. The van der Waals surface area contributed by atoms with Gasteiger partial charge in [0.1, 0.15) is 0 Å². The van der Waals surface area contributed by atoms with Crippen LogP contribution in [0.3, 0.4) is 0 Å². The molecule has 0 saturated carbocycles. The van der Waals surface area contributed by atoms with Crippen LogP contribution in [0.25, 0.3) is 23.0 Å². The maximum atomic E-state index is 5.98. The second-order valence-electron chi connectivity index (χ2n) is 6.01. The van der Waals surface area contributed by atoms with Gasteiger partial charge < -0.3 is 0 Å². The fourth-order valence-electron chi connectivity index (χ4n) is 3.08. The van der Waals surface area contributed by atoms with Crippen molar-refractivity contribution < 1.29 is 0 Å². The lowest BCUT2D eigenvalue weighted by molar-refractivity contribution is 0.803. The molecule has 118 valence electrons. The molecule has 24 heavy (non-hydrogen) atoms. The summed E-state index contributed by atoms with van der Waals surface area (Å²) in [5.41, 5.74) is 5.82. The van der Waals surface area contributed by atoms with E-state index in [0.717, 1.165) is 41.4 Å². The van der Waals surface area contributed by atoms with E-state index in [0.29, 0.717) is 0 Å². The molecule has 0 fully saturated rings. The summed E-state index contributed by atoms with van der Waals surface area (Å²) >= 11 is 5.98. The van der Waals surface area contributed by atoms with Gasteiger partial charge in [0, 0.05) is 16.8 Å². The predicted octanol–water partition coefficient (Wildman–Crippen LogP) is 5.67. The summed E-state index contributed by atoms with van der Waals surface area (Å²) in [6, 6.07) is 18.1. The molecule has 1 aliphatic rings. The van der Waals surface area contributed by atoms with E-state index in [4.69, 9.17) is 16.6 Å². The third-order valence-corrected chi connectivity index (χ3v) is 4.56. The zero-order chi connectivity index (χ0) is 16.4. The second-order valence-corrected chi connectivity index (χ2v) is 6.44. The lowest BCUT2D eigenvalue weighted by Gasteiger charge is -2.18. The maximum absolute atomic E-state index is 5.98. The molecule has 0 unspecified atom stereocenters. The normalized spacial score (nSPS) is 15.3. The molecule has 1 heterocycles. The molecule has 0 spiro atoms. The van der Waals surface area contributed by atoms with Gasteiger partial charge >= 0.3 is 0 Å². The van der Waals surface area contributed by atoms with Gasteiger partial charge in [-0.05, 0) is 66.3 Å². The summed E-state index contributed by atoms with van der Waals surface area (Å²) in [6.07, 6.45) is 7.47. The first kappa shape index (κ1) is 15.1. The molecule has 4 rings (SSSR count). The number of hydrogen-bond acceptors (Lipinski definition) is 2. The number of halogens is 1. The minimum Gasteiger partial charge on any atom is -0.236 e. The van der Waals surface area contributed by atoms with E-state index >= 15 is 0 Å². The molecule has 3 heteroatoms. The number of aryl methyl sites for hydroxylation is 1. The van der Waals surface area contributed by atoms with Gasteiger partial charge in [0.15, 0.2) is 5.82 Å². The maximum Gasteiger partial charge on any atom is 0.159 e. The van der Waals surface area contributed by atoms with Gasteiger partial charge in [-0.3, -0.25) is 0 Å². The molecule has 0 saturated heterocycles. The first-order valence-corrected chi connectivity index (χ1v) is 8.55. The lowest BCUT2D eigenvalue weighted by Crippen LogP contribution is -2.07. The van der Waals surface area contributed by atoms with Crippen LogP contribution < -0.4 is 0 Å². The van der Waals surface area contributed by atoms with Gasteiger partial charge in [-0.25, -0.2) is 9.97 Å². The number of hydrogen-bond donors (Lipinski definition) is 0. The van der Waals surface area contributed by atoms with Crippen molar-refractivity contribution in [3.05, 3.63) is 82.6 Å². The van der Waals surface area contributed by atoms with Crippen LogP contribution in [0.1, 0.15) is 29.7 Å². The van der Waals surface area contributed by atoms with Crippen molar-refractivity contribution in [2.45, 2.75) is 19.3 Å². The monoisotopic (exact) mass is 332 g/mol. The SMILES string of the molecule is Clc1ccc(-c2ncc3c(n2)C(=Cc2ccccc2)CCC3)cc1. The Morgan fingerprint density at radius 1 is 0.917 bits per heavy atom. The van der Waals surface area contributed by atoms with Crippen LogP contribution in [0.4, 0.5) is 0 Å². The molecule has 0 amide bonds. The third-order valence-electron chi connectivity index (χ3n) is 4.30. The minimum atomic E-state index is 0.723. The number of fused-ring (bicyclic) bond motifs is 1. The number of rotatable bonds is 2. The smallest absolute Gasteiger partial charge is 0.159 e. The van der Waals surface area contributed by atoms with E-state index in [-0.39, 0.29) is 0 Å². The van der Waals surface area contributed by atoms with Gasteiger partial charge in [-0.2, -0.15) is 0 Å². The number of nitrogens with zero attached hydrogens (tertiary/aromatic N) is 2. The fraction of sp³-hybridized carbons (Fsp3) is 0.143. The Hall–Kier alpha value is -2.45. The van der Waals surface area contributed by atoms with Crippen LogP contribution in [-0.4, -0.2) is 9.97 Å². The lowest BCUT2D eigenvalue weighted by atomic mass is 9.91. The molecule has 0 radical (unpaired) electrons. The molecule has 2 nitrogen and oxygen atoms in total. The zero-order valence-corrected chi connectivity index (χ0v) is 14.0. The van der Waals surface area contributed by atoms with Crippen molar-refractivity contribution in [3.8, 4) is 11.4 Å². The molecular weight excluding hydrogens is 316 g/mol. The Balaban J connectivity index is 1.77. The Morgan fingerprint density at radius 2 is 1.71 bits per heavy atom. The quantitative estimate of drug-likeness (QED) is 0.604.